The number of ether oxygens (including phenoxy) is 2. The first-order valence-electron chi connectivity index (χ1n) is 8.92. The highest BCUT2D eigenvalue weighted by Crippen LogP contribution is 2.30. The van der Waals surface area contributed by atoms with Gasteiger partial charge in [0, 0.05) is 42.3 Å². The smallest absolute Gasteiger partial charge is 0.255 e. The molecule has 0 aliphatic heterocycles. The first-order chi connectivity index (χ1) is 13.7. The van der Waals surface area contributed by atoms with E-state index in [1.165, 1.54) is 0 Å². The van der Waals surface area contributed by atoms with Gasteiger partial charge in [-0.3, -0.25) is 9.78 Å². The summed E-state index contributed by atoms with van der Waals surface area (Å²) in [4.78, 5) is 16.2. The Balaban J connectivity index is 1.60. The first kappa shape index (κ1) is 19.4. The van der Waals surface area contributed by atoms with Crippen LogP contribution in [-0.4, -0.2) is 25.1 Å². The van der Waals surface area contributed by atoms with Gasteiger partial charge in [-0.05, 0) is 35.9 Å². The van der Waals surface area contributed by atoms with Crippen LogP contribution in [0.2, 0.25) is 0 Å². The van der Waals surface area contributed by atoms with E-state index in [9.17, 15) is 4.79 Å². The van der Waals surface area contributed by atoms with Crippen molar-refractivity contribution in [2.45, 2.75) is 13.1 Å². The molecule has 0 atom stereocenters. The number of rotatable bonds is 8. The fraction of sp³-hybridized carbons (Fsp3) is 0.182. The van der Waals surface area contributed by atoms with E-state index in [0.29, 0.717) is 24.4 Å². The minimum atomic E-state index is -0.159. The largest absolute Gasteiger partial charge is 0.493 e. The Morgan fingerprint density at radius 2 is 1.75 bits per heavy atom. The number of benzene rings is 2. The van der Waals surface area contributed by atoms with Crippen LogP contribution in [0.3, 0.4) is 0 Å². The Kier molecular flexibility index (Phi) is 6.59. The van der Waals surface area contributed by atoms with E-state index in [1.807, 2.05) is 42.5 Å². The molecule has 144 valence electrons. The third-order valence-corrected chi connectivity index (χ3v) is 4.26. The van der Waals surface area contributed by atoms with Crippen molar-refractivity contribution in [3.05, 3.63) is 83.7 Å². The van der Waals surface area contributed by atoms with Gasteiger partial charge in [0.05, 0.1) is 14.2 Å². The maximum atomic E-state index is 12.3. The average molecular weight is 377 g/mol. The molecule has 2 N–H and O–H groups in total. The number of carbonyl (C=O) groups excluding carboxylic acids is 1. The van der Waals surface area contributed by atoms with Crippen LogP contribution < -0.4 is 20.1 Å². The lowest BCUT2D eigenvalue weighted by molar-refractivity contribution is 0.102. The highest BCUT2D eigenvalue weighted by atomic mass is 16.5. The van der Waals surface area contributed by atoms with E-state index >= 15 is 0 Å². The summed E-state index contributed by atoms with van der Waals surface area (Å²) in [7, 11) is 3.26. The van der Waals surface area contributed by atoms with E-state index in [0.717, 1.165) is 22.6 Å². The second-order valence-corrected chi connectivity index (χ2v) is 6.15. The van der Waals surface area contributed by atoms with Crippen molar-refractivity contribution < 1.29 is 14.3 Å². The van der Waals surface area contributed by atoms with Crippen LogP contribution in [0.25, 0.3) is 0 Å². The summed E-state index contributed by atoms with van der Waals surface area (Å²) in [6.07, 6.45) is 3.20. The molecule has 1 amide bonds. The van der Waals surface area contributed by atoms with Gasteiger partial charge in [0.15, 0.2) is 11.5 Å². The van der Waals surface area contributed by atoms with E-state index in [2.05, 4.69) is 15.6 Å². The van der Waals surface area contributed by atoms with Gasteiger partial charge in [-0.2, -0.15) is 0 Å². The molecule has 6 nitrogen and oxygen atoms in total. The zero-order valence-corrected chi connectivity index (χ0v) is 15.9. The van der Waals surface area contributed by atoms with Gasteiger partial charge in [-0.1, -0.05) is 24.3 Å². The normalized spacial score (nSPS) is 10.4. The molecule has 0 unspecified atom stereocenters. The van der Waals surface area contributed by atoms with Crippen LogP contribution in [0.5, 0.6) is 11.5 Å². The van der Waals surface area contributed by atoms with Crippen molar-refractivity contribution in [1.82, 2.24) is 10.3 Å². The molecule has 0 saturated heterocycles. The lowest BCUT2D eigenvalue weighted by atomic mass is 10.1. The first-order valence-corrected chi connectivity index (χ1v) is 8.92. The molecule has 0 fully saturated rings. The van der Waals surface area contributed by atoms with E-state index in [4.69, 9.17) is 9.47 Å². The molecular weight excluding hydrogens is 354 g/mol. The van der Waals surface area contributed by atoms with Gasteiger partial charge >= 0.3 is 0 Å². The molecule has 1 aromatic heterocycles. The van der Waals surface area contributed by atoms with Crippen LogP contribution in [0.4, 0.5) is 5.69 Å². The Bertz CT molecular complexity index is 929. The van der Waals surface area contributed by atoms with Gasteiger partial charge in [-0.25, -0.2) is 0 Å². The number of hydrogen-bond donors (Lipinski definition) is 2. The number of nitrogens with zero attached hydrogens (tertiary/aromatic N) is 1. The van der Waals surface area contributed by atoms with Gasteiger partial charge in [0.1, 0.15) is 0 Å². The van der Waals surface area contributed by atoms with Crippen molar-refractivity contribution in [1.29, 1.82) is 0 Å². The summed E-state index contributed by atoms with van der Waals surface area (Å²) in [6.45, 7) is 1.29. The minimum Gasteiger partial charge on any atom is -0.493 e. The SMILES string of the molecule is COc1cccc(CNCc2cccc(NC(=O)c3ccncc3)c2)c1OC. The van der Waals surface area contributed by atoms with Crippen LogP contribution in [-0.2, 0) is 13.1 Å². The Labute approximate surface area is 164 Å². The van der Waals surface area contributed by atoms with E-state index in [-0.39, 0.29) is 5.91 Å². The molecule has 6 heteroatoms. The van der Waals surface area contributed by atoms with Crippen molar-refractivity contribution in [3.8, 4) is 11.5 Å². The topological polar surface area (TPSA) is 72.5 Å². The maximum Gasteiger partial charge on any atom is 0.255 e. The molecule has 3 aromatic rings. The molecule has 0 aliphatic rings. The second-order valence-electron chi connectivity index (χ2n) is 6.15. The van der Waals surface area contributed by atoms with E-state index < -0.39 is 0 Å². The summed E-state index contributed by atoms with van der Waals surface area (Å²) in [5, 5.41) is 6.31. The highest BCUT2D eigenvalue weighted by Gasteiger charge is 2.09. The fourth-order valence-electron chi connectivity index (χ4n) is 2.90. The van der Waals surface area contributed by atoms with Gasteiger partial charge in [-0.15, -0.1) is 0 Å². The lowest BCUT2D eigenvalue weighted by Gasteiger charge is -2.13. The number of amides is 1. The third-order valence-electron chi connectivity index (χ3n) is 4.26. The number of anilines is 1. The number of aromatic nitrogens is 1. The molecule has 0 bridgehead atoms. The molecule has 0 spiro atoms. The minimum absolute atomic E-state index is 0.159. The van der Waals surface area contributed by atoms with Crippen LogP contribution in [0.15, 0.2) is 67.0 Å². The second kappa shape index (κ2) is 9.53. The number of pyridine rings is 1. The number of methoxy groups -OCH3 is 2. The Morgan fingerprint density at radius 3 is 2.50 bits per heavy atom. The Morgan fingerprint density at radius 1 is 0.964 bits per heavy atom. The summed E-state index contributed by atoms with van der Waals surface area (Å²) in [6, 6.07) is 16.9. The van der Waals surface area contributed by atoms with Gasteiger partial charge in [0.2, 0.25) is 0 Å². The summed E-state index contributed by atoms with van der Waals surface area (Å²) in [5.41, 5.74) is 3.40. The summed E-state index contributed by atoms with van der Waals surface area (Å²) >= 11 is 0. The molecule has 0 saturated carbocycles. The quantitative estimate of drug-likeness (QED) is 0.627. The number of para-hydroxylation sites is 1. The number of nitrogens with one attached hydrogen (secondary N) is 2. The lowest BCUT2D eigenvalue weighted by Crippen LogP contribution is -2.15. The monoisotopic (exact) mass is 377 g/mol. The summed E-state index contributed by atoms with van der Waals surface area (Å²) in [5.74, 6) is 1.28. The van der Waals surface area contributed by atoms with Crippen molar-refractivity contribution in [2.75, 3.05) is 19.5 Å². The predicted octanol–water partition coefficient (Wildman–Crippen LogP) is 3.64. The zero-order valence-electron chi connectivity index (χ0n) is 15.9. The molecule has 1 heterocycles. The van der Waals surface area contributed by atoms with Crippen LogP contribution in [0, 0.1) is 0 Å². The predicted molar refractivity (Wildman–Crippen MR) is 109 cm³/mol. The van der Waals surface area contributed by atoms with Crippen LogP contribution in [0.1, 0.15) is 21.5 Å². The maximum absolute atomic E-state index is 12.3. The molecule has 0 aliphatic carbocycles. The molecule has 28 heavy (non-hydrogen) atoms. The standard InChI is InChI=1S/C22H23N3O3/c1-27-20-8-4-6-18(21(20)28-2)15-24-14-16-5-3-7-19(13-16)25-22(26)17-9-11-23-12-10-17/h3-13,24H,14-15H2,1-2H3,(H,25,26). The molecular formula is C22H23N3O3. The fourth-order valence-corrected chi connectivity index (χ4v) is 2.90. The van der Waals surface area contributed by atoms with Gasteiger partial charge < -0.3 is 20.1 Å². The summed E-state index contributed by atoms with van der Waals surface area (Å²) < 4.78 is 10.8. The third kappa shape index (κ3) is 4.86. The zero-order chi connectivity index (χ0) is 19.8. The number of carbonyl (C=O) groups is 1. The van der Waals surface area contributed by atoms with Crippen molar-refractivity contribution in [3.63, 3.8) is 0 Å². The van der Waals surface area contributed by atoms with E-state index in [1.54, 1.807) is 38.7 Å². The van der Waals surface area contributed by atoms with Crippen LogP contribution >= 0.6 is 0 Å². The molecule has 0 radical (unpaired) electrons. The number of hydrogen-bond acceptors (Lipinski definition) is 5. The van der Waals surface area contributed by atoms with Gasteiger partial charge in [0.25, 0.3) is 5.91 Å². The van der Waals surface area contributed by atoms with Crippen molar-refractivity contribution >= 4 is 11.6 Å². The highest BCUT2D eigenvalue weighted by molar-refractivity contribution is 6.04. The molecule has 2 aromatic carbocycles. The molecule has 3 rings (SSSR count). The Hall–Kier alpha value is -3.38. The van der Waals surface area contributed by atoms with Crippen molar-refractivity contribution in [2.24, 2.45) is 0 Å². The average Bonchev–Trinajstić information content (AvgIpc) is 2.74.